The molecule has 2 rings (SSSR count). The summed E-state index contributed by atoms with van der Waals surface area (Å²) >= 11 is 10.6. The molecular weight excluding hydrogens is 448 g/mol. The van der Waals surface area contributed by atoms with Crippen LogP contribution in [0.3, 0.4) is 0 Å². The molecule has 106 valence electrons. The van der Waals surface area contributed by atoms with Crippen LogP contribution in [-0.2, 0) is 11.8 Å². The van der Waals surface area contributed by atoms with E-state index in [1.165, 1.54) is 11.1 Å². The van der Waals surface area contributed by atoms with Crippen molar-refractivity contribution in [2.75, 3.05) is 6.61 Å². The van der Waals surface area contributed by atoms with Gasteiger partial charge >= 0.3 is 0 Å². The molecule has 0 atom stereocenters. The quantitative estimate of drug-likeness (QED) is 0.371. The molecule has 20 heavy (non-hydrogen) atoms. The molecule has 0 aliphatic heterocycles. The van der Waals surface area contributed by atoms with E-state index in [4.69, 9.17) is 4.74 Å². The van der Waals surface area contributed by atoms with E-state index >= 15 is 0 Å². The minimum atomic E-state index is 0.708. The van der Waals surface area contributed by atoms with Crippen molar-refractivity contribution < 1.29 is 4.74 Å². The van der Waals surface area contributed by atoms with Crippen molar-refractivity contribution in [1.82, 2.24) is 0 Å². The first kappa shape index (κ1) is 16.1. The summed E-state index contributed by atoms with van der Waals surface area (Å²) in [5.74, 6) is 0.878. The summed E-state index contributed by atoms with van der Waals surface area (Å²) in [6.45, 7) is 0.708. The number of hydrogen-bond donors (Lipinski definition) is 0. The highest BCUT2D eigenvalue weighted by Gasteiger charge is 2.08. The summed E-state index contributed by atoms with van der Waals surface area (Å²) in [5.41, 5.74) is 2.56. The van der Waals surface area contributed by atoms with Gasteiger partial charge in [-0.05, 0) is 68.0 Å². The molecule has 0 unspecified atom stereocenters. The molecule has 0 fully saturated rings. The lowest BCUT2D eigenvalue weighted by molar-refractivity contribution is 0.307. The third-order valence-corrected chi connectivity index (χ3v) is 4.74. The van der Waals surface area contributed by atoms with Crippen molar-refractivity contribution in [1.29, 1.82) is 0 Å². The molecule has 0 saturated heterocycles. The number of rotatable bonds is 6. The molecule has 0 N–H and O–H groups in total. The lowest BCUT2D eigenvalue weighted by Gasteiger charge is -2.11. The minimum absolute atomic E-state index is 0.708. The third kappa shape index (κ3) is 4.61. The van der Waals surface area contributed by atoms with Crippen LogP contribution in [0.15, 0.2) is 51.4 Å². The first-order chi connectivity index (χ1) is 9.70. The van der Waals surface area contributed by atoms with Gasteiger partial charge in [-0.1, -0.05) is 46.3 Å². The molecule has 1 nitrogen and oxygen atoms in total. The molecule has 0 heterocycles. The zero-order valence-electron chi connectivity index (χ0n) is 10.9. The summed E-state index contributed by atoms with van der Waals surface area (Å²) in [6.07, 6.45) is 2.04. The van der Waals surface area contributed by atoms with Gasteiger partial charge in [-0.3, -0.25) is 0 Å². The monoisotopic (exact) mass is 460 g/mol. The Balaban J connectivity index is 1.88. The molecule has 0 bridgehead atoms. The Morgan fingerprint density at radius 1 is 0.900 bits per heavy atom. The summed E-state index contributed by atoms with van der Waals surface area (Å²) < 4.78 is 7.85. The Hall–Kier alpha value is -0.320. The van der Waals surface area contributed by atoms with Crippen LogP contribution in [0.25, 0.3) is 0 Å². The largest absolute Gasteiger partial charge is 0.491 e. The molecule has 0 aromatic heterocycles. The lowest BCUT2D eigenvalue weighted by Crippen LogP contribution is -2.01. The van der Waals surface area contributed by atoms with Crippen molar-refractivity contribution in [2.45, 2.75) is 18.2 Å². The molecule has 0 aliphatic rings. The fourth-order valence-electron chi connectivity index (χ4n) is 1.92. The molecule has 4 heteroatoms. The molecule has 0 saturated carbocycles. The van der Waals surface area contributed by atoms with Crippen molar-refractivity contribution in [3.63, 3.8) is 0 Å². The van der Waals surface area contributed by atoms with E-state index in [1.807, 2.05) is 6.07 Å². The number of alkyl halides is 1. The van der Waals surface area contributed by atoms with E-state index in [-0.39, 0.29) is 0 Å². The molecule has 0 amide bonds. The minimum Gasteiger partial charge on any atom is -0.491 e. The van der Waals surface area contributed by atoms with E-state index < -0.39 is 0 Å². The van der Waals surface area contributed by atoms with E-state index in [1.54, 1.807) is 0 Å². The fourth-order valence-corrected chi connectivity index (χ4v) is 3.76. The van der Waals surface area contributed by atoms with Crippen LogP contribution in [-0.4, -0.2) is 6.61 Å². The Morgan fingerprint density at radius 2 is 1.55 bits per heavy atom. The summed E-state index contributed by atoms with van der Waals surface area (Å²) in [6, 6.07) is 14.6. The highest BCUT2D eigenvalue weighted by atomic mass is 79.9. The first-order valence-corrected chi connectivity index (χ1v) is 9.12. The van der Waals surface area contributed by atoms with E-state index in [9.17, 15) is 0 Å². The summed E-state index contributed by atoms with van der Waals surface area (Å²) in [4.78, 5) is 0. The van der Waals surface area contributed by atoms with E-state index in [2.05, 4.69) is 84.2 Å². The second-order valence-electron chi connectivity index (χ2n) is 4.46. The highest BCUT2D eigenvalue weighted by Crippen LogP contribution is 2.35. The predicted octanol–water partition coefficient (Wildman–Crippen LogP) is 6.12. The lowest BCUT2D eigenvalue weighted by atomic mass is 10.1. The SMILES string of the molecule is BrCc1cc(Br)c(OCCCc2ccccc2)c(Br)c1. The maximum atomic E-state index is 5.88. The van der Waals surface area contributed by atoms with Crippen LogP contribution in [0.2, 0.25) is 0 Å². The normalized spacial score (nSPS) is 10.6. The molecular formula is C16H15Br3O. The number of ether oxygens (including phenoxy) is 1. The first-order valence-electron chi connectivity index (χ1n) is 6.41. The second kappa shape index (κ2) is 8.20. The number of aryl methyl sites for hydroxylation is 1. The standard InChI is InChI=1S/C16H15Br3O/c17-11-13-9-14(18)16(15(19)10-13)20-8-4-7-12-5-2-1-3-6-12/h1-3,5-6,9-10H,4,7-8,11H2. The zero-order valence-corrected chi connectivity index (χ0v) is 15.7. The van der Waals surface area contributed by atoms with Gasteiger partial charge in [-0.15, -0.1) is 0 Å². The van der Waals surface area contributed by atoms with E-state index in [0.29, 0.717) is 6.61 Å². The Kier molecular flexibility index (Phi) is 6.59. The van der Waals surface area contributed by atoms with Gasteiger partial charge in [-0.25, -0.2) is 0 Å². The maximum absolute atomic E-state index is 5.88. The number of halogens is 3. The van der Waals surface area contributed by atoms with Gasteiger partial charge in [0.25, 0.3) is 0 Å². The fraction of sp³-hybridized carbons (Fsp3) is 0.250. The van der Waals surface area contributed by atoms with Crippen LogP contribution >= 0.6 is 47.8 Å². The highest BCUT2D eigenvalue weighted by molar-refractivity contribution is 9.11. The van der Waals surface area contributed by atoms with Crippen molar-refractivity contribution >= 4 is 47.8 Å². The summed E-state index contributed by atoms with van der Waals surface area (Å²) in [5, 5.41) is 0.832. The second-order valence-corrected chi connectivity index (χ2v) is 6.73. The van der Waals surface area contributed by atoms with Crippen molar-refractivity contribution in [3.05, 3.63) is 62.5 Å². The predicted molar refractivity (Wildman–Crippen MR) is 94.7 cm³/mol. The van der Waals surface area contributed by atoms with Crippen LogP contribution in [0.4, 0.5) is 0 Å². The van der Waals surface area contributed by atoms with Gasteiger partial charge in [0.2, 0.25) is 0 Å². The van der Waals surface area contributed by atoms with Crippen LogP contribution in [0.5, 0.6) is 5.75 Å². The van der Waals surface area contributed by atoms with Crippen molar-refractivity contribution in [2.24, 2.45) is 0 Å². The van der Waals surface area contributed by atoms with Gasteiger partial charge in [0.1, 0.15) is 5.75 Å². The van der Waals surface area contributed by atoms with Gasteiger partial charge < -0.3 is 4.74 Å². The Labute approximate surface area is 145 Å². The van der Waals surface area contributed by atoms with Crippen LogP contribution < -0.4 is 4.74 Å². The Bertz CT molecular complexity index is 532. The maximum Gasteiger partial charge on any atom is 0.147 e. The third-order valence-electron chi connectivity index (χ3n) is 2.91. The average molecular weight is 463 g/mol. The topological polar surface area (TPSA) is 9.23 Å². The van der Waals surface area contributed by atoms with Crippen LogP contribution in [0.1, 0.15) is 17.5 Å². The van der Waals surface area contributed by atoms with Gasteiger partial charge in [0, 0.05) is 5.33 Å². The van der Waals surface area contributed by atoms with Gasteiger partial charge in [-0.2, -0.15) is 0 Å². The van der Waals surface area contributed by atoms with Gasteiger partial charge in [0.15, 0.2) is 0 Å². The molecule has 0 aliphatic carbocycles. The van der Waals surface area contributed by atoms with Crippen molar-refractivity contribution in [3.8, 4) is 5.75 Å². The number of benzene rings is 2. The van der Waals surface area contributed by atoms with Gasteiger partial charge in [0.05, 0.1) is 15.6 Å². The average Bonchev–Trinajstić information content (AvgIpc) is 2.46. The smallest absolute Gasteiger partial charge is 0.147 e. The molecule has 0 spiro atoms. The molecule has 2 aromatic carbocycles. The number of hydrogen-bond acceptors (Lipinski definition) is 1. The molecule has 2 aromatic rings. The summed E-state index contributed by atoms with van der Waals surface area (Å²) in [7, 11) is 0. The van der Waals surface area contributed by atoms with Crippen LogP contribution in [0, 0.1) is 0 Å². The Morgan fingerprint density at radius 3 is 2.15 bits per heavy atom. The zero-order chi connectivity index (χ0) is 14.4. The molecule has 0 radical (unpaired) electrons. The van der Waals surface area contributed by atoms with E-state index in [0.717, 1.165) is 32.9 Å².